The maximum absolute atomic E-state index is 5.79. The minimum Gasteiger partial charge on any atom is -0.398 e. The highest BCUT2D eigenvalue weighted by molar-refractivity contribution is 5.58. The highest BCUT2D eigenvalue weighted by atomic mass is 15.0. The second kappa shape index (κ2) is 3.42. The van der Waals surface area contributed by atoms with Crippen molar-refractivity contribution >= 4 is 11.4 Å². The molecule has 15 heavy (non-hydrogen) atoms. The molecular formula is C12H19N3. The van der Waals surface area contributed by atoms with Crippen molar-refractivity contribution in [3.8, 4) is 0 Å². The van der Waals surface area contributed by atoms with Crippen molar-refractivity contribution in [2.75, 3.05) is 11.1 Å². The van der Waals surface area contributed by atoms with Gasteiger partial charge in [-0.1, -0.05) is 13.8 Å². The standard InChI is InChI=1S/C12H19N3/c1-12(2)6-11(12)15-9-3-4-10(14)8(5-9)7-13/h3-5,11,15H,6-7,13-14H2,1-2H3. The van der Waals surface area contributed by atoms with Crippen LogP contribution in [0.2, 0.25) is 0 Å². The summed E-state index contributed by atoms with van der Waals surface area (Å²) >= 11 is 0. The maximum atomic E-state index is 5.79. The molecule has 82 valence electrons. The summed E-state index contributed by atoms with van der Waals surface area (Å²) in [6.45, 7) is 5.03. The molecule has 1 saturated carbocycles. The number of hydrogen-bond acceptors (Lipinski definition) is 3. The van der Waals surface area contributed by atoms with E-state index in [2.05, 4.69) is 19.2 Å². The molecule has 2 rings (SSSR count). The summed E-state index contributed by atoms with van der Waals surface area (Å²) in [7, 11) is 0. The van der Waals surface area contributed by atoms with Gasteiger partial charge in [-0.25, -0.2) is 0 Å². The lowest BCUT2D eigenvalue weighted by Gasteiger charge is -2.10. The molecule has 3 nitrogen and oxygen atoms in total. The largest absolute Gasteiger partial charge is 0.398 e. The highest BCUT2D eigenvalue weighted by Gasteiger charge is 2.45. The van der Waals surface area contributed by atoms with Crippen LogP contribution in [0.5, 0.6) is 0 Å². The van der Waals surface area contributed by atoms with Crippen molar-refractivity contribution in [2.24, 2.45) is 11.1 Å². The number of rotatable bonds is 3. The molecule has 0 spiro atoms. The van der Waals surface area contributed by atoms with Crippen LogP contribution in [-0.2, 0) is 6.54 Å². The first-order chi connectivity index (χ1) is 7.03. The van der Waals surface area contributed by atoms with E-state index in [4.69, 9.17) is 11.5 Å². The van der Waals surface area contributed by atoms with Crippen LogP contribution in [0.25, 0.3) is 0 Å². The summed E-state index contributed by atoms with van der Waals surface area (Å²) in [5, 5.41) is 3.50. The van der Waals surface area contributed by atoms with Crippen molar-refractivity contribution in [1.29, 1.82) is 0 Å². The molecule has 1 aromatic carbocycles. The van der Waals surface area contributed by atoms with Crippen LogP contribution in [0.3, 0.4) is 0 Å². The zero-order chi connectivity index (χ0) is 11.1. The van der Waals surface area contributed by atoms with E-state index in [9.17, 15) is 0 Å². The van der Waals surface area contributed by atoms with Gasteiger partial charge in [0.2, 0.25) is 0 Å². The van der Waals surface area contributed by atoms with Gasteiger partial charge in [-0.2, -0.15) is 0 Å². The van der Waals surface area contributed by atoms with E-state index in [1.54, 1.807) is 0 Å². The third kappa shape index (κ3) is 2.07. The number of nitrogens with one attached hydrogen (secondary N) is 1. The number of nitrogens with two attached hydrogens (primary N) is 2. The first-order valence-corrected chi connectivity index (χ1v) is 5.38. The van der Waals surface area contributed by atoms with Gasteiger partial charge < -0.3 is 16.8 Å². The predicted octanol–water partition coefficient (Wildman–Crippen LogP) is 1.94. The van der Waals surface area contributed by atoms with E-state index in [0.717, 1.165) is 16.9 Å². The second-order valence-corrected chi connectivity index (χ2v) is 5.01. The Balaban J connectivity index is 2.10. The lowest BCUT2D eigenvalue weighted by atomic mass is 10.1. The fraction of sp³-hybridized carbons (Fsp3) is 0.500. The molecule has 0 amide bonds. The third-order valence-corrected chi connectivity index (χ3v) is 3.22. The van der Waals surface area contributed by atoms with Crippen LogP contribution in [0.4, 0.5) is 11.4 Å². The van der Waals surface area contributed by atoms with Gasteiger partial charge in [0.05, 0.1) is 0 Å². The van der Waals surface area contributed by atoms with Gasteiger partial charge in [0, 0.05) is 24.0 Å². The average molecular weight is 205 g/mol. The van der Waals surface area contributed by atoms with E-state index in [0.29, 0.717) is 18.0 Å². The fourth-order valence-corrected chi connectivity index (χ4v) is 1.79. The highest BCUT2D eigenvalue weighted by Crippen LogP contribution is 2.46. The topological polar surface area (TPSA) is 64.1 Å². The molecule has 0 heterocycles. The zero-order valence-corrected chi connectivity index (χ0v) is 9.38. The van der Waals surface area contributed by atoms with Crippen LogP contribution in [-0.4, -0.2) is 6.04 Å². The van der Waals surface area contributed by atoms with E-state index in [1.807, 2.05) is 18.2 Å². The minimum absolute atomic E-state index is 0.435. The van der Waals surface area contributed by atoms with Crippen LogP contribution >= 0.6 is 0 Å². The first-order valence-electron chi connectivity index (χ1n) is 5.38. The Bertz CT molecular complexity index is 371. The van der Waals surface area contributed by atoms with Gasteiger partial charge in [0.1, 0.15) is 0 Å². The molecule has 0 bridgehead atoms. The molecule has 3 heteroatoms. The Hall–Kier alpha value is -1.22. The van der Waals surface area contributed by atoms with Gasteiger partial charge in [-0.05, 0) is 35.6 Å². The summed E-state index contributed by atoms with van der Waals surface area (Å²) in [6, 6.07) is 6.57. The van der Waals surface area contributed by atoms with E-state index in [-0.39, 0.29) is 0 Å². The van der Waals surface area contributed by atoms with Crippen LogP contribution in [0.1, 0.15) is 25.8 Å². The molecule has 5 N–H and O–H groups in total. The summed E-state index contributed by atoms with van der Waals surface area (Å²) < 4.78 is 0. The lowest BCUT2D eigenvalue weighted by molar-refractivity contribution is 0.630. The van der Waals surface area contributed by atoms with Crippen molar-refractivity contribution in [3.05, 3.63) is 23.8 Å². The summed E-state index contributed by atoms with van der Waals surface area (Å²) in [4.78, 5) is 0. The molecule has 1 aliphatic rings. The summed E-state index contributed by atoms with van der Waals surface area (Å²) in [5.74, 6) is 0. The summed E-state index contributed by atoms with van der Waals surface area (Å²) in [5.41, 5.74) is 14.8. The first kappa shape index (κ1) is 10.3. The SMILES string of the molecule is CC1(C)CC1Nc1ccc(N)c(CN)c1. The molecule has 0 aliphatic heterocycles. The Morgan fingerprint density at radius 3 is 2.67 bits per heavy atom. The molecule has 0 saturated heterocycles. The third-order valence-electron chi connectivity index (χ3n) is 3.22. The predicted molar refractivity (Wildman–Crippen MR) is 64.6 cm³/mol. The zero-order valence-electron chi connectivity index (χ0n) is 9.38. The molecule has 1 aliphatic carbocycles. The second-order valence-electron chi connectivity index (χ2n) is 5.01. The van der Waals surface area contributed by atoms with Gasteiger partial charge in [-0.15, -0.1) is 0 Å². The van der Waals surface area contributed by atoms with E-state index >= 15 is 0 Å². The van der Waals surface area contributed by atoms with Crippen molar-refractivity contribution < 1.29 is 0 Å². The normalized spacial score (nSPS) is 22.5. The molecule has 1 unspecified atom stereocenters. The molecule has 1 fully saturated rings. The molecule has 1 atom stereocenters. The van der Waals surface area contributed by atoms with Gasteiger partial charge in [0.15, 0.2) is 0 Å². The molecule has 0 aromatic heterocycles. The lowest BCUT2D eigenvalue weighted by Crippen LogP contribution is -2.09. The van der Waals surface area contributed by atoms with E-state index < -0.39 is 0 Å². The Morgan fingerprint density at radius 2 is 2.13 bits per heavy atom. The Labute approximate surface area is 90.8 Å². The van der Waals surface area contributed by atoms with Crippen LogP contribution in [0, 0.1) is 5.41 Å². The molecule has 1 aromatic rings. The monoisotopic (exact) mass is 205 g/mol. The smallest absolute Gasteiger partial charge is 0.0361 e. The van der Waals surface area contributed by atoms with Crippen molar-refractivity contribution in [1.82, 2.24) is 0 Å². The van der Waals surface area contributed by atoms with Gasteiger partial charge in [0.25, 0.3) is 0 Å². The Morgan fingerprint density at radius 1 is 1.47 bits per heavy atom. The molecule has 0 radical (unpaired) electrons. The van der Waals surface area contributed by atoms with Gasteiger partial charge in [-0.3, -0.25) is 0 Å². The summed E-state index contributed by atoms with van der Waals surface area (Å²) in [6.07, 6.45) is 1.23. The van der Waals surface area contributed by atoms with Crippen molar-refractivity contribution in [2.45, 2.75) is 32.9 Å². The quantitative estimate of drug-likeness (QED) is 0.661. The maximum Gasteiger partial charge on any atom is 0.0361 e. The Kier molecular flexibility index (Phi) is 2.35. The van der Waals surface area contributed by atoms with Crippen LogP contribution in [0.15, 0.2) is 18.2 Å². The number of anilines is 2. The number of hydrogen-bond donors (Lipinski definition) is 3. The number of benzene rings is 1. The van der Waals surface area contributed by atoms with Gasteiger partial charge >= 0.3 is 0 Å². The average Bonchev–Trinajstić information content (AvgIpc) is 2.77. The molecular weight excluding hydrogens is 186 g/mol. The van der Waals surface area contributed by atoms with Crippen LogP contribution < -0.4 is 16.8 Å². The van der Waals surface area contributed by atoms with E-state index in [1.165, 1.54) is 6.42 Å². The minimum atomic E-state index is 0.435. The van der Waals surface area contributed by atoms with Crippen molar-refractivity contribution in [3.63, 3.8) is 0 Å². The number of nitrogen functional groups attached to an aromatic ring is 1. The fourth-order valence-electron chi connectivity index (χ4n) is 1.79.